The van der Waals surface area contributed by atoms with E-state index in [4.69, 9.17) is 16.2 Å². The molecule has 0 radical (unpaired) electrons. The Bertz CT molecular complexity index is 1180. The van der Waals surface area contributed by atoms with Crippen molar-refractivity contribution >= 4 is 40.3 Å². The van der Waals surface area contributed by atoms with Crippen LogP contribution in [0.1, 0.15) is 61.9 Å². The molecule has 6 N–H and O–H groups in total. The topological polar surface area (TPSA) is 137 Å². The predicted molar refractivity (Wildman–Crippen MR) is 140 cm³/mol. The van der Waals surface area contributed by atoms with Crippen molar-refractivity contribution in [2.75, 3.05) is 11.9 Å². The van der Waals surface area contributed by atoms with Crippen molar-refractivity contribution in [3.8, 4) is 10.4 Å². The smallest absolute Gasteiger partial charge is 0.323 e. The third kappa shape index (κ3) is 7.83. The number of nitrogens with two attached hydrogens (primary N) is 2. The summed E-state index contributed by atoms with van der Waals surface area (Å²) in [6, 6.07) is 1.91. The van der Waals surface area contributed by atoms with Crippen LogP contribution in [0.15, 0.2) is 24.3 Å². The first-order chi connectivity index (χ1) is 17.5. The normalized spacial score (nSPS) is 14.8. The first kappa shape index (κ1) is 28.3. The molecule has 1 aliphatic carbocycles. The van der Waals surface area contributed by atoms with Crippen LogP contribution in [-0.4, -0.2) is 36.6 Å². The number of carbonyl (C=O) groups excluding carboxylic acids is 3. The van der Waals surface area contributed by atoms with Gasteiger partial charge in [0.1, 0.15) is 28.8 Å². The number of primary amides is 2. The molecule has 1 saturated carbocycles. The second-order valence-electron chi connectivity index (χ2n) is 9.40. The Morgan fingerprint density at radius 2 is 1.84 bits per heavy atom. The number of ether oxygens (including phenoxy) is 1. The van der Waals surface area contributed by atoms with E-state index in [9.17, 15) is 23.2 Å². The molecular weight excluding hydrogens is 502 g/mol. The van der Waals surface area contributed by atoms with Crippen LogP contribution in [0.2, 0.25) is 0 Å². The van der Waals surface area contributed by atoms with Crippen LogP contribution in [0.4, 0.5) is 18.6 Å². The summed E-state index contributed by atoms with van der Waals surface area (Å²) in [6.07, 6.45) is 7.50. The maximum absolute atomic E-state index is 14.9. The molecule has 0 unspecified atom stereocenters. The minimum atomic E-state index is -0.918. The van der Waals surface area contributed by atoms with E-state index in [0.29, 0.717) is 6.42 Å². The zero-order chi connectivity index (χ0) is 27.1. The van der Waals surface area contributed by atoms with Crippen LogP contribution in [0.25, 0.3) is 16.5 Å². The Hall–Kier alpha value is -3.31. The van der Waals surface area contributed by atoms with Crippen LogP contribution >= 0.6 is 11.3 Å². The lowest BCUT2D eigenvalue weighted by atomic mass is 10.0. The summed E-state index contributed by atoms with van der Waals surface area (Å²) in [6.45, 7) is 4.29. The molecule has 1 aromatic heterocycles. The highest BCUT2D eigenvalue weighted by molar-refractivity contribution is 7.20. The molecule has 3 rings (SSSR count). The largest absolute Gasteiger partial charge is 0.461 e. The van der Waals surface area contributed by atoms with Crippen molar-refractivity contribution in [2.24, 2.45) is 17.4 Å². The Labute approximate surface area is 218 Å². The van der Waals surface area contributed by atoms with Crippen LogP contribution in [0.5, 0.6) is 0 Å². The van der Waals surface area contributed by atoms with Gasteiger partial charge in [-0.15, -0.1) is 11.3 Å². The van der Waals surface area contributed by atoms with Crippen LogP contribution in [0.3, 0.4) is 0 Å². The summed E-state index contributed by atoms with van der Waals surface area (Å²) in [7, 11) is 0. The fraction of sp³-hybridized carbons (Fsp3) is 0.423. The van der Waals surface area contributed by atoms with Crippen LogP contribution < -0.4 is 22.1 Å². The maximum atomic E-state index is 14.9. The summed E-state index contributed by atoms with van der Waals surface area (Å²) in [5, 5.41) is 5.45. The summed E-state index contributed by atoms with van der Waals surface area (Å²) < 4.78 is 35.4. The number of amides is 3. The van der Waals surface area contributed by atoms with Crippen molar-refractivity contribution in [2.45, 2.75) is 58.1 Å². The lowest BCUT2D eigenvalue weighted by Crippen LogP contribution is -2.40. The molecule has 0 saturated heterocycles. The third-order valence-corrected chi connectivity index (χ3v) is 7.03. The molecule has 1 aromatic carbocycles. The number of thiophene rings is 1. The monoisotopic (exact) mass is 534 g/mol. The molecule has 11 heteroatoms. The fourth-order valence-corrected chi connectivity index (χ4v) is 5.26. The molecule has 3 amide bonds. The zero-order valence-corrected chi connectivity index (χ0v) is 21.6. The summed E-state index contributed by atoms with van der Waals surface area (Å²) in [5.41, 5.74) is 10.3. The van der Waals surface area contributed by atoms with Gasteiger partial charge >= 0.3 is 12.0 Å². The Kier molecular flexibility index (Phi) is 9.76. The molecule has 0 spiro atoms. The van der Waals surface area contributed by atoms with Gasteiger partial charge in [-0.05, 0) is 56.2 Å². The minimum Gasteiger partial charge on any atom is -0.461 e. The molecule has 1 fully saturated rings. The van der Waals surface area contributed by atoms with E-state index in [1.54, 1.807) is 6.08 Å². The van der Waals surface area contributed by atoms with Crippen molar-refractivity contribution in [1.29, 1.82) is 0 Å². The number of nitrogens with one attached hydrogen (secondary N) is 2. The van der Waals surface area contributed by atoms with Crippen LogP contribution in [0, 0.1) is 17.6 Å². The molecule has 200 valence electrons. The molecular formula is C26H32F2N4O4S. The lowest BCUT2D eigenvalue weighted by molar-refractivity contribution is -0.151. The van der Waals surface area contributed by atoms with Crippen molar-refractivity contribution in [1.82, 2.24) is 5.32 Å². The number of urea groups is 1. The van der Waals surface area contributed by atoms with Gasteiger partial charge in [0, 0.05) is 22.5 Å². The summed E-state index contributed by atoms with van der Waals surface area (Å²) in [5.74, 6) is -2.28. The van der Waals surface area contributed by atoms with Gasteiger partial charge in [0.15, 0.2) is 0 Å². The van der Waals surface area contributed by atoms with E-state index < -0.39 is 29.6 Å². The number of anilines is 1. The lowest BCUT2D eigenvalue weighted by Gasteiger charge is -2.21. The van der Waals surface area contributed by atoms with Crippen molar-refractivity contribution < 1.29 is 27.9 Å². The number of hydrogen-bond acceptors (Lipinski definition) is 6. The maximum Gasteiger partial charge on any atom is 0.323 e. The number of halogens is 2. The molecule has 2 aromatic rings. The standard InChI is InChI=1S/C26H32F2N4O4S/c1-14(2)10-21(25(34)36-16-7-3-4-8-16)31-9-5-6-15-11-20(28)17(12-19(15)27)22-13-18(23(29)33)24(37-22)32-26(30)35/h5-6,11-14,16,21,31H,3-4,7-10H2,1-2H3,(H2,29,33)(H3,30,32,35)/b6-5+/t21-/m0/s1. The van der Waals surface area contributed by atoms with Gasteiger partial charge in [-0.1, -0.05) is 26.0 Å². The van der Waals surface area contributed by atoms with Crippen LogP contribution in [-0.2, 0) is 9.53 Å². The SMILES string of the molecule is CC(C)C[C@H](NC/C=C/c1cc(F)c(-c2cc(C(N)=O)c(NC(N)=O)s2)cc1F)C(=O)OC1CCCC1. The Morgan fingerprint density at radius 3 is 2.46 bits per heavy atom. The second kappa shape index (κ2) is 12.8. The van der Waals surface area contributed by atoms with Gasteiger partial charge in [0.25, 0.3) is 5.91 Å². The van der Waals surface area contributed by atoms with E-state index in [0.717, 1.165) is 49.2 Å². The first-order valence-corrected chi connectivity index (χ1v) is 13.0. The molecule has 1 aliphatic rings. The molecule has 37 heavy (non-hydrogen) atoms. The minimum absolute atomic E-state index is 0.0131. The van der Waals surface area contributed by atoms with Crippen molar-refractivity contribution in [3.05, 3.63) is 47.0 Å². The van der Waals surface area contributed by atoms with E-state index in [1.807, 2.05) is 13.8 Å². The van der Waals surface area contributed by atoms with E-state index >= 15 is 0 Å². The van der Waals surface area contributed by atoms with Gasteiger partial charge in [0.05, 0.1) is 5.56 Å². The highest BCUT2D eigenvalue weighted by atomic mass is 32.1. The Morgan fingerprint density at radius 1 is 1.14 bits per heavy atom. The summed E-state index contributed by atoms with van der Waals surface area (Å²) in [4.78, 5) is 35.7. The number of benzene rings is 1. The van der Waals surface area contributed by atoms with Gasteiger partial charge in [-0.25, -0.2) is 13.6 Å². The van der Waals surface area contributed by atoms with Crippen molar-refractivity contribution in [3.63, 3.8) is 0 Å². The molecule has 8 nitrogen and oxygen atoms in total. The van der Waals surface area contributed by atoms with E-state index in [-0.39, 0.29) is 51.1 Å². The molecule has 1 heterocycles. The number of hydrogen-bond donors (Lipinski definition) is 4. The average Bonchev–Trinajstić information content (AvgIpc) is 3.47. The number of esters is 1. The fourth-order valence-electron chi connectivity index (χ4n) is 4.17. The zero-order valence-electron chi connectivity index (χ0n) is 20.8. The first-order valence-electron chi connectivity index (χ1n) is 12.1. The average molecular weight is 535 g/mol. The summed E-state index contributed by atoms with van der Waals surface area (Å²) >= 11 is 0.850. The highest BCUT2D eigenvalue weighted by Gasteiger charge is 2.25. The molecule has 0 bridgehead atoms. The second-order valence-corrected chi connectivity index (χ2v) is 10.4. The van der Waals surface area contributed by atoms with Gasteiger partial charge in [0.2, 0.25) is 0 Å². The number of rotatable bonds is 11. The van der Waals surface area contributed by atoms with E-state index in [2.05, 4.69) is 10.6 Å². The third-order valence-electron chi connectivity index (χ3n) is 5.94. The van der Waals surface area contributed by atoms with Gasteiger partial charge < -0.3 is 21.5 Å². The predicted octanol–water partition coefficient (Wildman–Crippen LogP) is 4.79. The molecule has 0 aliphatic heterocycles. The van der Waals surface area contributed by atoms with Gasteiger partial charge in [-0.2, -0.15) is 0 Å². The number of carbonyl (C=O) groups is 3. The highest BCUT2D eigenvalue weighted by Crippen LogP contribution is 2.37. The van der Waals surface area contributed by atoms with Gasteiger partial charge in [-0.3, -0.25) is 14.9 Å². The Balaban J connectivity index is 1.70. The van der Waals surface area contributed by atoms with E-state index in [1.165, 1.54) is 12.1 Å². The molecule has 1 atom stereocenters. The quantitative estimate of drug-likeness (QED) is 0.307.